The van der Waals surface area contributed by atoms with Crippen molar-refractivity contribution in [2.75, 3.05) is 38.8 Å². The first-order chi connectivity index (χ1) is 9.81. The molecule has 0 radical (unpaired) electrons. The summed E-state index contributed by atoms with van der Waals surface area (Å²) in [5, 5.41) is 7.76. The van der Waals surface area contributed by atoms with E-state index >= 15 is 0 Å². The number of anilines is 1. The highest BCUT2D eigenvalue weighted by Crippen LogP contribution is 2.14. The Morgan fingerprint density at radius 2 is 2.20 bits per heavy atom. The first-order valence-electron chi connectivity index (χ1n) is 6.48. The van der Waals surface area contributed by atoms with E-state index in [4.69, 9.17) is 21.1 Å². The summed E-state index contributed by atoms with van der Waals surface area (Å²) in [5.41, 5.74) is 0. The zero-order chi connectivity index (χ0) is 14.2. The summed E-state index contributed by atoms with van der Waals surface area (Å²) in [4.78, 5) is 8.08. The van der Waals surface area contributed by atoms with Crippen molar-refractivity contribution in [3.05, 3.63) is 17.5 Å². The molecule has 0 saturated heterocycles. The number of fused-ring (bicyclic) bond motifs is 1. The minimum atomic E-state index is 0.399. The Hall–Kier alpha value is -1.44. The predicted octanol–water partition coefficient (Wildman–Crippen LogP) is 1.63. The molecule has 0 saturated carbocycles. The lowest BCUT2D eigenvalue weighted by molar-refractivity contribution is 0.0691. The largest absolute Gasteiger partial charge is 0.382 e. The van der Waals surface area contributed by atoms with Crippen molar-refractivity contribution >= 4 is 23.2 Å². The standard InChI is InChI=1S/C12H18ClN5O2/c1-19-6-7-20-5-3-2-4-14-11-8-10(13)17-12-15-9-16-18(11)12/h8-9,14H,2-7H2,1H3. The van der Waals surface area contributed by atoms with E-state index in [-0.39, 0.29) is 0 Å². The fourth-order valence-corrected chi connectivity index (χ4v) is 1.88. The smallest absolute Gasteiger partial charge is 0.255 e. The molecular formula is C12H18ClN5O2. The molecule has 0 aliphatic carbocycles. The quantitative estimate of drug-likeness (QED) is 0.560. The van der Waals surface area contributed by atoms with Gasteiger partial charge in [0.1, 0.15) is 17.3 Å². The molecule has 20 heavy (non-hydrogen) atoms. The molecular weight excluding hydrogens is 282 g/mol. The van der Waals surface area contributed by atoms with Crippen molar-refractivity contribution in [3.8, 4) is 0 Å². The summed E-state index contributed by atoms with van der Waals surface area (Å²) in [6, 6.07) is 1.73. The molecule has 8 heteroatoms. The molecule has 0 atom stereocenters. The summed E-state index contributed by atoms with van der Waals surface area (Å²) in [6.45, 7) is 2.82. The van der Waals surface area contributed by atoms with Crippen molar-refractivity contribution < 1.29 is 9.47 Å². The molecule has 0 bridgehead atoms. The molecule has 0 amide bonds. The first kappa shape index (κ1) is 15.0. The molecule has 0 fully saturated rings. The Bertz CT molecular complexity index is 534. The topological polar surface area (TPSA) is 73.6 Å². The monoisotopic (exact) mass is 299 g/mol. The number of rotatable bonds is 9. The number of halogens is 1. The van der Waals surface area contributed by atoms with E-state index in [0.717, 1.165) is 31.8 Å². The van der Waals surface area contributed by atoms with E-state index in [2.05, 4.69) is 20.4 Å². The molecule has 0 unspecified atom stereocenters. The molecule has 0 aliphatic rings. The molecule has 2 aromatic rings. The number of hydrogen-bond donors (Lipinski definition) is 1. The van der Waals surface area contributed by atoms with Gasteiger partial charge in [-0.2, -0.15) is 19.6 Å². The van der Waals surface area contributed by atoms with Crippen LogP contribution in [-0.4, -0.2) is 53.1 Å². The van der Waals surface area contributed by atoms with Crippen LogP contribution in [0, 0.1) is 0 Å². The van der Waals surface area contributed by atoms with Crippen LogP contribution in [0.15, 0.2) is 12.4 Å². The van der Waals surface area contributed by atoms with Crippen LogP contribution in [0.2, 0.25) is 5.15 Å². The summed E-state index contributed by atoms with van der Waals surface area (Å²) in [6.07, 6.45) is 3.42. The first-order valence-corrected chi connectivity index (χ1v) is 6.86. The van der Waals surface area contributed by atoms with Crippen LogP contribution >= 0.6 is 11.6 Å². The van der Waals surface area contributed by atoms with E-state index in [1.165, 1.54) is 6.33 Å². The molecule has 0 aromatic carbocycles. The van der Waals surface area contributed by atoms with Crippen molar-refractivity contribution in [2.24, 2.45) is 0 Å². The molecule has 110 valence electrons. The SMILES string of the molecule is COCCOCCCCNc1cc(Cl)nc2ncnn12. The van der Waals surface area contributed by atoms with Gasteiger partial charge in [0, 0.05) is 26.3 Å². The number of unbranched alkanes of at least 4 members (excludes halogenated alkanes) is 1. The summed E-state index contributed by atoms with van der Waals surface area (Å²) in [7, 11) is 1.66. The molecule has 1 N–H and O–H groups in total. The number of nitrogens with one attached hydrogen (secondary N) is 1. The normalized spacial score (nSPS) is 11.1. The van der Waals surface area contributed by atoms with Crippen molar-refractivity contribution in [1.29, 1.82) is 0 Å². The van der Waals surface area contributed by atoms with E-state index < -0.39 is 0 Å². The third-order valence-corrected chi connectivity index (χ3v) is 2.87. The van der Waals surface area contributed by atoms with Gasteiger partial charge in [0.15, 0.2) is 0 Å². The van der Waals surface area contributed by atoms with Gasteiger partial charge >= 0.3 is 0 Å². The number of ether oxygens (including phenoxy) is 2. The van der Waals surface area contributed by atoms with Crippen LogP contribution < -0.4 is 5.32 Å². The lowest BCUT2D eigenvalue weighted by Gasteiger charge is -2.08. The number of aromatic nitrogens is 4. The maximum absolute atomic E-state index is 5.93. The lowest BCUT2D eigenvalue weighted by Crippen LogP contribution is -2.09. The Morgan fingerprint density at radius 1 is 1.30 bits per heavy atom. The zero-order valence-electron chi connectivity index (χ0n) is 11.4. The van der Waals surface area contributed by atoms with Crippen LogP contribution in [0.5, 0.6) is 0 Å². The Kier molecular flexibility index (Phi) is 5.97. The van der Waals surface area contributed by atoms with Gasteiger partial charge in [-0.15, -0.1) is 0 Å². The van der Waals surface area contributed by atoms with Crippen LogP contribution in [0.4, 0.5) is 5.82 Å². The Morgan fingerprint density at radius 3 is 3.05 bits per heavy atom. The van der Waals surface area contributed by atoms with Gasteiger partial charge in [0.05, 0.1) is 13.2 Å². The number of hydrogen-bond acceptors (Lipinski definition) is 6. The molecule has 2 heterocycles. The summed E-state index contributed by atoms with van der Waals surface area (Å²) < 4.78 is 11.9. The van der Waals surface area contributed by atoms with Crippen LogP contribution in [0.25, 0.3) is 5.78 Å². The molecule has 0 aliphatic heterocycles. The Balaban J connectivity index is 1.72. The second-order valence-electron chi connectivity index (χ2n) is 4.18. The van der Waals surface area contributed by atoms with E-state index in [9.17, 15) is 0 Å². The van der Waals surface area contributed by atoms with Crippen molar-refractivity contribution in [3.63, 3.8) is 0 Å². The predicted molar refractivity (Wildman–Crippen MR) is 76.2 cm³/mol. The van der Waals surface area contributed by atoms with E-state index in [1.807, 2.05) is 0 Å². The van der Waals surface area contributed by atoms with Gasteiger partial charge in [-0.05, 0) is 12.8 Å². The van der Waals surface area contributed by atoms with Crippen molar-refractivity contribution in [1.82, 2.24) is 19.6 Å². The van der Waals surface area contributed by atoms with E-state index in [0.29, 0.717) is 24.1 Å². The van der Waals surface area contributed by atoms with Gasteiger partial charge < -0.3 is 14.8 Å². The van der Waals surface area contributed by atoms with Crippen LogP contribution in [0.3, 0.4) is 0 Å². The number of nitrogens with zero attached hydrogens (tertiary/aromatic N) is 4. The average Bonchev–Trinajstić information content (AvgIpc) is 2.89. The highest BCUT2D eigenvalue weighted by atomic mass is 35.5. The van der Waals surface area contributed by atoms with Gasteiger partial charge in [-0.3, -0.25) is 0 Å². The third kappa shape index (κ3) is 4.29. The van der Waals surface area contributed by atoms with Gasteiger partial charge in [-0.25, -0.2) is 0 Å². The van der Waals surface area contributed by atoms with E-state index in [1.54, 1.807) is 17.7 Å². The second-order valence-corrected chi connectivity index (χ2v) is 4.56. The molecule has 0 spiro atoms. The van der Waals surface area contributed by atoms with Crippen molar-refractivity contribution in [2.45, 2.75) is 12.8 Å². The van der Waals surface area contributed by atoms with Crippen LogP contribution in [0.1, 0.15) is 12.8 Å². The minimum absolute atomic E-state index is 0.399. The highest BCUT2D eigenvalue weighted by molar-refractivity contribution is 6.29. The second kappa shape index (κ2) is 7.98. The summed E-state index contributed by atoms with van der Waals surface area (Å²) >= 11 is 5.93. The molecule has 2 rings (SSSR count). The molecule has 2 aromatic heterocycles. The maximum Gasteiger partial charge on any atom is 0.255 e. The van der Waals surface area contributed by atoms with Gasteiger partial charge in [0.25, 0.3) is 5.78 Å². The third-order valence-electron chi connectivity index (χ3n) is 2.67. The highest BCUT2D eigenvalue weighted by Gasteiger charge is 2.05. The summed E-state index contributed by atoms with van der Waals surface area (Å²) in [5.74, 6) is 1.28. The Labute approximate surface area is 122 Å². The van der Waals surface area contributed by atoms with Crippen LogP contribution in [-0.2, 0) is 9.47 Å². The minimum Gasteiger partial charge on any atom is -0.382 e. The molecule has 7 nitrogen and oxygen atoms in total. The van der Waals surface area contributed by atoms with Gasteiger partial charge in [-0.1, -0.05) is 11.6 Å². The average molecular weight is 300 g/mol. The number of methoxy groups -OCH3 is 1. The fourth-order valence-electron chi connectivity index (χ4n) is 1.70. The van der Waals surface area contributed by atoms with Gasteiger partial charge in [0.2, 0.25) is 0 Å². The fraction of sp³-hybridized carbons (Fsp3) is 0.583. The maximum atomic E-state index is 5.93. The lowest BCUT2D eigenvalue weighted by atomic mass is 10.3. The zero-order valence-corrected chi connectivity index (χ0v) is 12.1.